The summed E-state index contributed by atoms with van der Waals surface area (Å²) in [6.45, 7) is 4.96. The molecule has 4 nitrogen and oxygen atoms in total. The average Bonchev–Trinajstić information content (AvgIpc) is 2.00. The summed E-state index contributed by atoms with van der Waals surface area (Å²) in [6, 6.07) is 0. The van der Waals surface area contributed by atoms with E-state index in [9.17, 15) is 19.2 Å². The second kappa shape index (κ2) is 5.34. The summed E-state index contributed by atoms with van der Waals surface area (Å²) >= 11 is 0. The maximum absolute atomic E-state index is 11.2. The topological polar surface area (TPSA) is 68.3 Å². The summed E-state index contributed by atoms with van der Waals surface area (Å²) < 4.78 is 0. The monoisotopic (exact) mass is 210 g/mol. The highest BCUT2D eigenvalue weighted by Gasteiger charge is 2.20. The highest BCUT2D eigenvalue weighted by atomic mass is 16.2. The van der Waals surface area contributed by atoms with Gasteiger partial charge in [0.05, 0.1) is 5.57 Å². The van der Waals surface area contributed by atoms with Gasteiger partial charge in [0.2, 0.25) is 0 Å². The minimum Gasteiger partial charge on any atom is -0.300 e. The fourth-order valence-corrected chi connectivity index (χ4v) is 1.31. The Morgan fingerprint density at radius 3 is 1.33 bits per heavy atom. The number of Topliss-reactive ketones (excluding diaryl/α,β-unsaturated/α-hetero) is 4. The Morgan fingerprint density at radius 2 is 1.13 bits per heavy atom. The molecule has 4 heteroatoms. The van der Waals surface area contributed by atoms with E-state index in [1.165, 1.54) is 27.7 Å². The van der Waals surface area contributed by atoms with Gasteiger partial charge in [0.15, 0.2) is 17.3 Å². The van der Waals surface area contributed by atoms with Crippen LogP contribution in [0.1, 0.15) is 34.1 Å². The van der Waals surface area contributed by atoms with Gasteiger partial charge in [-0.2, -0.15) is 0 Å². The number of rotatable bonds is 5. The minimum absolute atomic E-state index is 0.0162. The molecule has 15 heavy (non-hydrogen) atoms. The number of ketones is 4. The molecule has 0 aromatic heterocycles. The third-order valence-corrected chi connectivity index (χ3v) is 1.86. The van der Waals surface area contributed by atoms with Gasteiger partial charge in [-0.05, 0) is 27.7 Å². The lowest BCUT2D eigenvalue weighted by Gasteiger charge is -2.06. The van der Waals surface area contributed by atoms with Crippen molar-refractivity contribution < 1.29 is 19.2 Å². The van der Waals surface area contributed by atoms with Crippen LogP contribution in [0.2, 0.25) is 0 Å². The van der Waals surface area contributed by atoms with E-state index in [4.69, 9.17) is 0 Å². The molecule has 0 saturated heterocycles. The fourth-order valence-electron chi connectivity index (χ4n) is 1.31. The molecule has 0 bridgehead atoms. The highest BCUT2D eigenvalue weighted by Crippen LogP contribution is 2.13. The second-order valence-corrected chi connectivity index (χ2v) is 3.40. The number of carbonyl (C=O) groups is 4. The molecule has 0 unspecified atom stereocenters. The summed E-state index contributed by atoms with van der Waals surface area (Å²) in [5.41, 5.74) is -0.139. The smallest absolute Gasteiger partial charge is 0.163 e. The van der Waals surface area contributed by atoms with Crippen LogP contribution in [0.15, 0.2) is 11.1 Å². The van der Waals surface area contributed by atoms with Crippen molar-refractivity contribution in [2.45, 2.75) is 34.1 Å². The first-order valence-corrected chi connectivity index (χ1v) is 4.52. The third-order valence-electron chi connectivity index (χ3n) is 1.86. The van der Waals surface area contributed by atoms with Gasteiger partial charge in [0, 0.05) is 12.0 Å². The van der Waals surface area contributed by atoms with Crippen molar-refractivity contribution in [3.05, 3.63) is 11.1 Å². The molecular formula is C11H14O4. The maximum Gasteiger partial charge on any atom is 0.163 e. The quantitative estimate of drug-likeness (QED) is 0.386. The Balaban J connectivity index is 5.56. The van der Waals surface area contributed by atoms with Crippen LogP contribution in [0, 0.1) is 0 Å². The van der Waals surface area contributed by atoms with Crippen molar-refractivity contribution in [3.8, 4) is 0 Å². The van der Waals surface area contributed by atoms with Gasteiger partial charge in [-0.1, -0.05) is 0 Å². The molecule has 0 aliphatic rings. The van der Waals surface area contributed by atoms with Crippen LogP contribution in [0.3, 0.4) is 0 Å². The van der Waals surface area contributed by atoms with Crippen LogP contribution in [-0.2, 0) is 19.2 Å². The predicted molar refractivity (Wildman–Crippen MR) is 54.4 cm³/mol. The van der Waals surface area contributed by atoms with Crippen molar-refractivity contribution in [2.24, 2.45) is 0 Å². The molecule has 0 rings (SSSR count). The van der Waals surface area contributed by atoms with Gasteiger partial charge in [-0.15, -0.1) is 0 Å². The van der Waals surface area contributed by atoms with E-state index in [0.29, 0.717) is 0 Å². The zero-order valence-electron chi connectivity index (χ0n) is 9.34. The third kappa shape index (κ3) is 3.97. The van der Waals surface area contributed by atoms with Crippen LogP contribution in [0.25, 0.3) is 0 Å². The van der Waals surface area contributed by atoms with Gasteiger partial charge < -0.3 is 0 Å². The lowest BCUT2D eigenvalue weighted by molar-refractivity contribution is -0.121. The van der Waals surface area contributed by atoms with E-state index in [-0.39, 0.29) is 23.4 Å². The number of hydrogen-bond donors (Lipinski definition) is 0. The molecule has 0 saturated carbocycles. The molecule has 0 fully saturated rings. The van der Waals surface area contributed by atoms with Crippen molar-refractivity contribution in [2.75, 3.05) is 0 Å². The Labute approximate surface area is 88.3 Å². The van der Waals surface area contributed by atoms with E-state index in [0.717, 1.165) is 0 Å². The van der Waals surface area contributed by atoms with E-state index in [1.807, 2.05) is 0 Å². The maximum atomic E-state index is 11.2. The van der Waals surface area contributed by atoms with Crippen molar-refractivity contribution in [1.82, 2.24) is 0 Å². The first kappa shape index (κ1) is 13.4. The zero-order valence-corrected chi connectivity index (χ0v) is 9.34. The van der Waals surface area contributed by atoms with Gasteiger partial charge in [0.1, 0.15) is 5.78 Å². The van der Waals surface area contributed by atoms with Crippen molar-refractivity contribution >= 4 is 23.1 Å². The van der Waals surface area contributed by atoms with Crippen molar-refractivity contribution in [3.63, 3.8) is 0 Å². The average molecular weight is 210 g/mol. The van der Waals surface area contributed by atoms with Crippen molar-refractivity contribution in [1.29, 1.82) is 0 Å². The SMILES string of the molecule is CC(=O)CC(C(C)=O)=C(C(C)=O)C(C)=O. The molecule has 0 radical (unpaired) electrons. The highest BCUT2D eigenvalue weighted by molar-refractivity contribution is 6.23. The second-order valence-electron chi connectivity index (χ2n) is 3.40. The van der Waals surface area contributed by atoms with Crippen LogP contribution in [0.4, 0.5) is 0 Å². The molecule has 0 aliphatic heterocycles. The van der Waals surface area contributed by atoms with Crippen LogP contribution in [0.5, 0.6) is 0 Å². The van der Waals surface area contributed by atoms with Crippen LogP contribution in [-0.4, -0.2) is 23.1 Å². The Morgan fingerprint density at radius 1 is 0.733 bits per heavy atom. The molecule has 82 valence electrons. The molecule has 0 aliphatic carbocycles. The largest absolute Gasteiger partial charge is 0.300 e. The number of hydrogen-bond acceptors (Lipinski definition) is 4. The van der Waals surface area contributed by atoms with Gasteiger partial charge in [-0.25, -0.2) is 0 Å². The first-order valence-electron chi connectivity index (χ1n) is 4.52. The molecule has 0 spiro atoms. The lowest BCUT2D eigenvalue weighted by Crippen LogP contribution is -2.15. The normalized spacial score (nSPS) is 9.33. The molecule has 0 aromatic carbocycles. The van der Waals surface area contributed by atoms with E-state index < -0.39 is 17.3 Å². The summed E-state index contributed by atoms with van der Waals surface area (Å²) in [4.78, 5) is 44.5. The summed E-state index contributed by atoms with van der Waals surface area (Å²) in [5.74, 6) is -1.62. The van der Waals surface area contributed by atoms with Gasteiger partial charge >= 0.3 is 0 Å². The summed E-state index contributed by atoms with van der Waals surface area (Å²) in [6.07, 6.45) is -0.163. The summed E-state index contributed by atoms with van der Waals surface area (Å²) in [5, 5.41) is 0. The molecular weight excluding hydrogens is 196 g/mol. The predicted octanol–water partition coefficient (Wildman–Crippen LogP) is 1.03. The summed E-state index contributed by atoms with van der Waals surface area (Å²) in [7, 11) is 0. The van der Waals surface area contributed by atoms with Gasteiger partial charge in [-0.3, -0.25) is 19.2 Å². The Kier molecular flexibility index (Phi) is 4.78. The Bertz CT molecular complexity index is 345. The molecule has 0 heterocycles. The molecule has 0 atom stereocenters. The van der Waals surface area contributed by atoms with Gasteiger partial charge in [0.25, 0.3) is 0 Å². The minimum atomic E-state index is -0.478. The van der Waals surface area contributed by atoms with E-state index in [1.54, 1.807) is 0 Å². The van der Waals surface area contributed by atoms with Crippen LogP contribution < -0.4 is 0 Å². The standard InChI is InChI=1S/C11H14O4/c1-6(12)5-10(7(2)13)11(8(3)14)9(4)15/h5H2,1-4H3. The molecule has 0 aromatic rings. The molecule has 0 N–H and O–H groups in total. The fraction of sp³-hybridized carbons (Fsp3) is 0.455. The number of allylic oxidation sites excluding steroid dienone is 2. The Hall–Kier alpha value is -1.58. The lowest BCUT2D eigenvalue weighted by atomic mass is 9.95. The number of carbonyl (C=O) groups excluding carboxylic acids is 4. The van der Waals surface area contributed by atoms with E-state index in [2.05, 4.69) is 0 Å². The van der Waals surface area contributed by atoms with E-state index >= 15 is 0 Å². The molecule has 0 amide bonds. The zero-order chi connectivity index (χ0) is 12.2. The first-order chi connectivity index (χ1) is 6.77. The van der Waals surface area contributed by atoms with Crippen LogP contribution >= 0.6 is 0 Å².